The predicted octanol–water partition coefficient (Wildman–Crippen LogP) is 2.72. The van der Waals surface area contributed by atoms with E-state index in [2.05, 4.69) is 0 Å². The van der Waals surface area contributed by atoms with Crippen molar-refractivity contribution in [3.05, 3.63) is 47.9 Å². The highest BCUT2D eigenvalue weighted by Gasteiger charge is 2.14. The zero-order chi connectivity index (χ0) is 13.7. The Morgan fingerprint density at radius 3 is 2.63 bits per heavy atom. The van der Waals surface area contributed by atoms with Gasteiger partial charge in [0, 0.05) is 12.6 Å². The first-order chi connectivity index (χ1) is 9.22. The minimum Gasteiger partial charge on any atom is -0.497 e. The molecule has 0 saturated heterocycles. The Kier molecular flexibility index (Phi) is 4.47. The van der Waals surface area contributed by atoms with Gasteiger partial charge in [-0.15, -0.1) is 0 Å². The van der Waals surface area contributed by atoms with Crippen molar-refractivity contribution in [2.24, 2.45) is 5.73 Å². The summed E-state index contributed by atoms with van der Waals surface area (Å²) in [5.41, 5.74) is 5.77. The van der Waals surface area contributed by atoms with Crippen LogP contribution in [0.3, 0.4) is 0 Å². The second kappa shape index (κ2) is 6.29. The van der Waals surface area contributed by atoms with E-state index in [1.807, 2.05) is 43.3 Å². The molecule has 0 aliphatic rings. The summed E-state index contributed by atoms with van der Waals surface area (Å²) in [6.45, 7) is 2.88. The van der Waals surface area contributed by atoms with Gasteiger partial charge in [-0.25, -0.2) is 0 Å². The minimum absolute atomic E-state index is 0.0555. The monoisotopic (exact) mass is 261 g/mol. The van der Waals surface area contributed by atoms with Crippen molar-refractivity contribution in [3.63, 3.8) is 0 Å². The van der Waals surface area contributed by atoms with Crippen molar-refractivity contribution >= 4 is 0 Å². The third-order valence-electron chi connectivity index (χ3n) is 2.94. The summed E-state index contributed by atoms with van der Waals surface area (Å²) in [4.78, 5) is 0. The van der Waals surface area contributed by atoms with E-state index in [0.717, 1.165) is 23.0 Å². The van der Waals surface area contributed by atoms with Crippen molar-refractivity contribution in [2.75, 3.05) is 20.3 Å². The smallest absolute Gasteiger partial charge is 0.123 e. The van der Waals surface area contributed by atoms with Crippen LogP contribution in [0.5, 0.6) is 11.5 Å². The molecule has 0 radical (unpaired) electrons. The van der Waals surface area contributed by atoms with Crippen molar-refractivity contribution in [3.8, 4) is 11.5 Å². The van der Waals surface area contributed by atoms with Crippen LogP contribution in [0.15, 0.2) is 40.8 Å². The Morgan fingerprint density at radius 2 is 2.00 bits per heavy atom. The normalized spacial score (nSPS) is 12.2. The molecule has 0 aliphatic heterocycles. The Bertz CT molecular complexity index is 522. The molecule has 2 aromatic rings. The lowest BCUT2D eigenvalue weighted by atomic mass is 10.1. The highest BCUT2D eigenvalue weighted by atomic mass is 16.5. The van der Waals surface area contributed by atoms with Gasteiger partial charge in [0.1, 0.15) is 23.0 Å². The van der Waals surface area contributed by atoms with Crippen LogP contribution in [0.25, 0.3) is 0 Å². The van der Waals surface area contributed by atoms with Gasteiger partial charge in [-0.1, -0.05) is 6.07 Å². The van der Waals surface area contributed by atoms with E-state index < -0.39 is 0 Å². The number of furan rings is 1. The zero-order valence-corrected chi connectivity index (χ0v) is 11.3. The average Bonchev–Trinajstić information content (AvgIpc) is 2.86. The molecule has 4 heteroatoms. The summed E-state index contributed by atoms with van der Waals surface area (Å²) in [5, 5.41) is 0. The van der Waals surface area contributed by atoms with Gasteiger partial charge < -0.3 is 19.6 Å². The summed E-state index contributed by atoms with van der Waals surface area (Å²) < 4.78 is 16.5. The molecule has 0 saturated carbocycles. The molecule has 19 heavy (non-hydrogen) atoms. The largest absolute Gasteiger partial charge is 0.497 e. The molecule has 4 nitrogen and oxygen atoms in total. The molecule has 0 fully saturated rings. The maximum atomic E-state index is 5.77. The Hall–Kier alpha value is -1.94. The SMILES string of the molecule is COc1cccc(OCC(CN)c2ccc(C)o2)c1. The second-order valence-electron chi connectivity index (χ2n) is 4.37. The molecule has 0 aliphatic carbocycles. The zero-order valence-electron chi connectivity index (χ0n) is 11.3. The maximum absolute atomic E-state index is 5.77. The van der Waals surface area contributed by atoms with Gasteiger partial charge in [0.25, 0.3) is 0 Å². The van der Waals surface area contributed by atoms with Gasteiger partial charge in [-0.2, -0.15) is 0 Å². The standard InChI is InChI=1S/C15H19NO3/c1-11-6-7-15(19-11)12(9-16)10-18-14-5-3-4-13(8-14)17-2/h3-8,12H,9-10,16H2,1-2H3. The van der Waals surface area contributed by atoms with Gasteiger partial charge in [-0.05, 0) is 31.2 Å². The molecule has 2 N–H and O–H groups in total. The summed E-state index contributed by atoms with van der Waals surface area (Å²) >= 11 is 0. The highest BCUT2D eigenvalue weighted by molar-refractivity contribution is 5.32. The van der Waals surface area contributed by atoms with Crippen LogP contribution in [0, 0.1) is 6.92 Å². The first-order valence-corrected chi connectivity index (χ1v) is 6.26. The van der Waals surface area contributed by atoms with Gasteiger partial charge in [0.2, 0.25) is 0 Å². The van der Waals surface area contributed by atoms with E-state index in [-0.39, 0.29) is 5.92 Å². The molecule has 1 atom stereocenters. The first-order valence-electron chi connectivity index (χ1n) is 6.26. The van der Waals surface area contributed by atoms with E-state index in [1.54, 1.807) is 7.11 Å². The van der Waals surface area contributed by atoms with Crippen LogP contribution in [0.1, 0.15) is 17.4 Å². The topological polar surface area (TPSA) is 57.6 Å². The number of nitrogens with two attached hydrogens (primary N) is 1. The van der Waals surface area contributed by atoms with Crippen molar-refractivity contribution in [1.29, 1.82) is 0 Å². The lowest BCUT2D eigenvalue weighted by molar-refractivity contribution is 0.270. The van der Waals surface area contributed by atoms with Gasteiger partial charge in [0.05, 0.1) is 19.6 Å². The Balaban J connectivity index is 1.99. The third-order valence-corrected chi connectivity index (χ3v) is 2.94. The molecule has 1 unspecified atom stereocenters. The second-order valence-corrected chi connectivity index (χ2v) is 4.37. The van der Waals surface area contributed by atoms with E-state index >= 15 is 0 Å². The van der Waals surface area contributed by atoms with E-state index in [9.17, 15) is 0 Å². The first kappa shape index (κ1) is 13.5. The maximum Gasteiger partial charge on any atom is 0.123 e. The van der Waals surface area contributed by atoms with Crippen LogP contribution < -0.4 is 15.2 Å². The fraction of sp³-hybridized carbons (Fsp3) is 0.333. The van der Waals surface area contributed by atoms with E-state index in [4.69, 9.17) is 19.6 Å². The van der Waals surface area contributed by atoms with Crippen molar-refractivity contribution in [1.82, 2.24) is 0 Å². The number of hydrogen-bond acceptors (Lipinski definition) is 4. The fourth-order valence-corrected chi connectivity index (χ4v) is 1.83. The number of benzene rings is 1. The van der Waals surface area contributed by atoms with E-state index in [0.29, 0.717) is 13.2 Å². The number of ether oxygens (including phenoxy) is 2. The summed E-state index contributed by atoms with van der Waals surface area (Å²) in [6, 6.07) is 11.4. The van der Waals surface area contributed by atoms with Gasteiger partial charge in [0.15, 0.2) is 0 Å². The highest BCUT2D eigenvalue weighted by Crippen LogP contribution is 2.22. The molecule has 0 spiro atoms. The minimum atomic E-state index is 0.0555. The van der Waals surface area contributed by atoms with Crippen LogP contribution in [0.4, 0.5) is 0 Å². The molecule has 102 valence electrons. The number of aryl methyl sites for hydroxylation is 1. The van der Waals surface area contributed by atoms with Gasteiger partial charge in [-0.3, -0.25) is 0 Å². The summed E-state index contributed by atoms with van der Waals surface area (Å²) in [7, 11) is 1.63. The van der Waals surface area contributed by atoms with Crippen molar-refractivity contribution < 1.29 is 13.9 Å². The van der Waals surface area contributed by atoms with Crippen LogP contribution >= 0.6 is 0 Å². The molecule has 1 aromatic carbocycles. The van der Waals surface area contributed by atoms with Crippen molar-refractivity contribution in [2.45, 2.75) is 12.8 Å². The van der Waals surface area contributed by atoms with Crippen LogP contribution in [-0.2, 0) is 0 Å². The summed E-state index contributed by atoms with van der Waals surface area (Å²) in [5.74, 6) is 3.34. The van der Waals surface area contributed by atoms with Crippen LogP contribution in [-0.4, -0.2) is 20.3 Å². The molecular formula is C15H19NO3. The Labute approximate surface area is 113 Å². The Morgan fingerprint density at radius 1 is 1.21 bits per heavy atom. The lowest BCUT2D eigenvalue weighted by Gasteiger charge is -2.14. The molecule has 0 bridgehead atoms. The van der Waals surface area contributed by atoms with Gasteiger partial charge >= 0.3 is 0 Å². The number of hydrogen-bond donors (Lipinski definition) is 1. The average molecular weight is 261 g/mol. The predicted molar refractivity (Wildman–Crippen MR) is 73.7 cm³/mol. The quantitative estimate of drug-likeness (QED) is 0.868. The third kappa shape index (κ3) is 3.51. The van der Waals surface area contributed by atoms with E-state index in [1.165, 1.54) is 0 Å². The molecule has 0 amide bonds. The molecule has 1 heterocycles. The number of rotatable bonds is 6. The number of methoxy groups -OCH3 is 1. The fourth-order valence-electron chi connectivity index (χ4n) is 1.83. The molecular weight excluding hydrogens is 242 g/mol. The van der Waals surface area contributed by atoms with Crippen LogP contribution in [0.2, 0.25) is 0 Å². The molecule has 2 rings (SSSR count). The summed E-state index contributed by atoms with van der Waals surface area (Å²) in [6.07, 6.45) is 0. The lowest BCUT2D eigenvalue weighted by Crippen LogP contribution is -2.19. The molecule has 1 aromatic heterocycles.